The van der Waals surface area contributed by atoms with Gasteiger partial charge in [-0.05, 0) is 39.7 Å². The van der Waals surface area contributed by atoms with Crippen LogP contribution in [0.5, 0.6) is 0 Å². The molecule has 1 aliphatic heterocycles. The number of piperazine rings is 1. The lowest BCUT2D eigenvalue weighted by atomic mass is 9.94. The number of hydrogen-bond acceptors (Lipinski definition) is 2. The van der Waals surface area contributed by atoms with Crippen molar-refractivity contribution in [2.75, 3.05) is 19.6 Å². The van der Waals surface area contributed by atoms with E-state index in [4.69, 9.17) is 0 Å². The molecule has 1 aliphatic rings. The molecule has 1 unspecified atom stereocenters. The first-order valence-electron chi connectivity index (χ1n) is 8.49. The Kier molecular flexibility index (Phi) is 7.80. The lowest BCUT2D eigenvalue weighted by Gasteiger charge is -2.36. The summed E-state index contributed by atoms with van der Waals surface area (Å²) in [6, 6.07) is 0.263. The van der Waals surface area contributed by atoms with Gasteiger partial charge in [0.2, 0.25) is 0 Å². The molecule has 0 aliphatic carbocycles. The van der Waals surface area contributed by atoms with Crippen LogP contribution < -0.4 is 5.32 Å². The van der Waals surface area contributed by atoms with E-state index in [9.17, 15) is 13.2 Å². The molecule has 5 heteroatoms. The van der Waals surface area contributed by atoms with Gasteiger partial charge in [0.1, 0.15) is 0 Å². The fraction of sp³-hybridized carbons (Fsp3) is 0.579. The maximum atomic E-state index is 13.5. The standard InChI is InChI=1S/C19H29F3N2/c1-6-8-9-10-14(3)18(17(7-2)19(20,21)22)16(5)24-12-11-23-15(4)13-24/h7-10,15,23H,6,11-13H2,1-5H3/b9-8+,14-10-,17-7+,18-16-. The first kappa shape index (κ1) is 20.6. The van der Waals surface area contributed by atoms with E-state index >= 15 is 0 Å². The van der Waals surface area contributed by atoms with Gasteiger partial charge in [-0.3, -0.25) is 0 Å². The number of hydrogen-bond donors (Lipinski definition) is 1. The summed E-state index contributed by atoms with van der Waals surface area (Å²) in [5, 5.41) is 3.32. The first-order chi connectivity index (χ1) is 11.2. The molecule has 0 aromatic heterocycles. The Hall–Kier alpha value is -1.49. The van der Waals surface area contributed by atoms with Gasteiger partial charge in [0.15, 0.2) is 0 Å². The molecule has 24 heavy (non-hydrogen) atoms. The summed E-state index contributed by atoms with van der Waals surface area (Å²) in [6.07, 6.45) is 3.19. The lowest BCUT2D eigenvalue weighted by molar-refractivity contribution is -0.0894. The summed E-state index contributed by atoms with van der Waals surface area (Å²) in [6.45, 7) is 11.2. The Labute approximate surface area is 143 Å². The molecule has 0 bridgehead atoms. The van der Waals surface area contributed by atoms with E-state index in [0.29, 0.717) is 29.9 Å². The molecular weight excluding hydrogens is 313 g/mol. The third-order valence-corrected chi connectivity index (χ3v) is 4.18. The quantitative estimate of drug-likeness (QED) is 0.709. The second-order valence-electron chi connectivity index (χ2n) is 6.15. The SMILES string of the molecule is C\C=C(C(/C(C)=C\C=C\CC)=C(/C)N1CCNC(C)C1)\C(F)(F)F. The summed E-state index contributed by atoms with van der Waals surface area (Å²) in [4.78, 5) is 2.05. The molecule has 1 saturated heterocycles. The van der Waals surface area contributed by atoms with Gasteiger partial charge in [0.25, 0.3) is 0 Å². The van der Waals surface area contributed by atoms with Crippen LogP contribution in [0.1, 0.15) is 41.0 Å². The average Bonchev–Trinajstić information content (AvgIpc) is 2.50. The molecule has 2 nitrogen and oxygen atoms in total. The number of allylic oxidation sites excluding steroid dienone is 8. The van der Waals surface area contributed by atoms with Crippen molar-refractivity contribution < 1.29 is 13.2 Å². The highest BCUT2D eigenvalue weighted by Crippen LogP contribution is 2.37. The Morgan fingerprint density at radius 2 is 1.96 bits per heavy atom. The second kappa shape index (κ2) is 9.11. The minimum absolute atomic E-state index is 0.263. The average molecular weight is 342 g/mol. The molecule has 0 aromatic rings. The van der Waals surface area contributed by atoms with Crippen LogP contribution in [-0.2, 0) is 0 Å². The highest BCUT2D eigenvalue weighted by molar-refractivity contribution is 5.51. The van der Waals surface area contributed by atoms with E-state index in [2.05, 4.69) is 5.32 Å². The fourth-order valence-electron chi connectivity index (χ4n) is 2.97. The van der Waals surface area contributed by atoms with Crippen molar-refractivity contribution in [3.63, 3.8) is 0 Å². The maximum Gasteiger partial charge on any atom is 0.416 e. The van der Waals surface area contributed by atoms with Crippen LogP contribution in [0.15, 0.2) is 46.7 Å². The van der Waals surface area contributed by atoms with E-state index in [1.54, 1.807) is 19.9 Å². The van der Waals surface area contributed by atoms with Crippen LogP contribution in [-0.4, -0.2) is 36.8 Å². The second-order valence-corrected chi connectivity index (χ2v) is 6.15. The first-order valence-corrected chi connectivity index (χ1v) is 8.49. The number of halogens is 3. The molecule has 0 amide bonds. The van der Waals surface area contributed by atoms with Gasteiger partial charge in [0, 0.05) is 36.9 Å². The summed E-state index contributed by atoms with van der Waals surface area (Å²) >= 11 is 0. The molecule has 1 N–H and O–H groups in total. The van der Waals surface area contributed by atoms with E-state index in [1.807, 2.05) is 30.9 Å². The zero-order valence-electron chi connectivity index (χ0n) is 15.3. The summed E-state index contributed by atoms with van der Waals surface area (Å²) in [5.41, 5.74) is 1.05. The molecular formula is C19H29F3N2. The van der Waals surface area contributed by atoms with E-state index in [0.717, 1.165) is 13.0 Å². The summed E-state index contributed by atoms with van der Waals surface area (Å²) in [5.74, 6) is 0. The Morgan fingerprint density at radius 1 is 1.29 bits per heavy atom. The topological polar surface area (TPSA) is 15.3 Å². The highest BCUT2D eigenvalue weighted by atomic mass is 19.4. The fourth-order valence-corrected chi connectivity index (χ4v) is 2.97. The van der Waals surface area contributed by atoms with Crippen molar-refractivity contribution >= 4 is 0 Å². The van der Waals surface area contributed by atoms with Gasteiger partial charge < -0.3 is 10.2 Å². The Morgan fingerprint density at radius 3 is 2.46 bits per heavy atom. The third-order valence-electron chi connectivity index (χ3n) is 4.18. The van der Waals surface area contributed by atoms with Crippen molar-refractivity contribution in [1.29, 1.82) is 0 Å². The predicted octanol–water partition coefficient (Wildman–Crippen LogP) is 4.98. The van der Waals surface area contributed by atoms with Crippen LogP contribution in [0.3, 0.4) is 0 Å². The van der Waals surface area contributed by atoms with E-state index in [-0.39, 0.29) is 6.04 Å². The summed E-state index contributed by atoms with van der Waals surface area (Å²) < 4.78 is 40.6. The van der Waals surface area contributed by atoms with Crippen LogP contribution in [0.2, 0.25) is 0 Å². The van der Waals surface area contributed by atoms with Crippen molar-refractivity contribution in [2.45, 2.75) is 53.3 Å². The number of nitrogens with zero attached hydrogens (tertiary/aromatic N) is 1. The smallest absolute Gasteiger partial charge is 0.372 e. The minimum atomic E-state index is -4.37. The number of nitrogens with one attached hydrogen (secondary N) is 1. The number of rotatable bonds is 5. The van der Waals surface area contributed by atoms with Crippen LogP contribution in [0, 0.1) is 0 Å². The van der Waals surface area contributed by atoms with E-state index < -0.39 is 11.7 Å². The zero-order chi connectivity index (χ0) is 18.3. The molecule has 136 valence electrons. The molecule has 0 radical (unpaired) electrons. The predicted molar refractivity (Wildman–Crippen MR) is 94.7 cm³/mol. The molecule has 0 aromatic carbocycles. The van der Waals surface area contributed by atoms with Gasteiger partial charge in [-0.2, -0.15) is 13.2 Å². The zero-order valence-corrected chi connectivity index (χ0v) is 15.3. The van der Waals surface area contributed by atoms with Crippen LogP contribution in [0.4, 0.5) is 13.2 Å². The van der Waals surface area contributed by atoms with Gasteiger partial charge in [-0.15, -0.1) is 0 Å². The van der Waals surface area contributed by atoms with Crippen molar-refractivity contribution in [2.24, 2.45) is 0 Å². The third kappa shape index (κ3) is 5.55. The Balaban J connectivity index is 3.38. The van der Waals surface area contributed by atoms with Gasteiger partial charge >= 0.3 is 6.18 Å². The largest absolute Gasteiger partial charge is 0.416 e. The molecule has 1 rings (SSSR count). The lowest BCUT2D eigenvalue weighted by Crippen LogP contribution is -2.48. The normalized spacial score (nSPS) is 22.2. The van der Waals surface area contributed by atoms with Crippen LogP contribution in [0.25, 0.3) is 0 Å². The van der Waals surface area contributed by atoms with Gasteiger partial charge in [0.05, 0.1) is 5.57 Å². The van der Waals surface area contributed by atoms with Crippen molar-refractivity contribution in [1.82, 2.24) is 10.2 Å². The van der Waals surface area contributed by atoms with Crippen molar-refractivity contribution in [3.8, 4) is 0 Å². The molecule has 1 heterocycles. The summed E-state index contributed by atoms with van der Waals surface area (Å²) in [7, 11) is 0. The van der Waals surface area contributed by atoms with Crippen molar-refractivity contribution in [3.05, 3.63) is 46.7 Å². The minimum Gasteiger partial charge on any atom is -0.372 e. The van der Waals surface area contributed by atoms with Crippen LogP contribution >= 0.6 is 0 Å². The molecule has 1 fully saturated rings. The molecule has 0 spiro atoms. The van der Waals surface area contributed by atoms with E-state index in [1.165, 1.54) is 13.0 Å². The molecule has 0 saturated carbocycles. The maximum absolute atomic E-state index is 13.5. The van der Waals surface area contributed by atoms with Gasteiger partial charge in [-0.25, -0.2) is 0 Å². The molecule has 1 atom stereocenters. The highest BCUT2D eigenvalue weighted by Gasteiger charge is 2.37. The monoisotopic (exact) mass is 342 g/mol. The Bertz CT molecular complexity index is 539. The number of alkyl halides is 3. The van der Waals surface area contributed by atoms with Gasteiger partial charge in [-0.1, -0.05) is 31.2 Å².